The molecule has 0 fully saturated rings. The summed E-state index contributed by atoms with van der Waals surface area (Å²) in [7, 11) is -3.35. The number of nitrogens with two attached hydrogens (primary N) is 1. The maximum Gasteiger partial charge on any atom is 0.243 e. The minimum atomic E-state index is -3.35. The molecule has 2 N–H and O–H groups in total. The number of benzene rings is 1. The van der Waals surface area contributed by atoms with Crippen molar-refractivity contribution in [2.75, 3.05) is 19.7 Å². The number of nitrogens with zero attached hydrogens (tertiary/aromatic N) is 1. The molecule has 1 rings (SSSR count). The van der Waals surface area contributed by atoms with Crippen molar-refractivity contribution in [3.05, 3.63) is 29.8 Å². The zero-order valence-electron chi connectivity index (χ0n) is 11.5. The van der Waals surface area contributed by atoms with Gasteiger partial charge in [-0.2, -0.15) is 4.31 Å². The Morgan fingerprint density at radius 3 is 2.21 bits per heavy atom. The van der Waals surface area contributed by atoms with E-state index in [1.165, 1.54) is 4.31 Å². The SMILES string of the molecule is CCN(CC)S(=O)(=O)c1ccc(CCCON)cc1. The van der Waals surface area contributed by atoms with E-state index in [1.54, 1.807) is 12.1 Å². The maximum absolute atomic E-state index is 12.3. The van der Waals surface area contributed by atoms with Gasteiger partial charge in [0.1, 0.15) is 0 Å². The van der Waals surface area contributed by atoms with Gasteiger partial charge in [0.05, 0.1) is 11.5 Å². The fourth-order valence-corrected chi connectivity index (χ4v) is 3.36. The molecule has 0 atom stereocenters. The van der Waals surface area contributed by atoms with Crippen LogP contribution in [0.5, 0.6) is 0 Å². The molecular formula is C13H22N2O3S. The van der Waals surface area contributed by atoms with Crippen molar-refractivity contribution in [3.63, 3.8) is 0 Å². The molecule has 5 nitrogen and oxygen atoms in total. The van der Waals surface area contributed by atoms with Crippen molar-refractivity contribution in [2.45, 2.75) is 31.6 Å². The summed E-state index contributed by atoms with van der Waals surface area (Å²) in [5, 5.41) is 0. The Hall–Kier alpha value is -0.950. The van der Waals surface area contributed by atoms with Crippen LogP contribution in [0.4, 0.5) is 0 Å². The van der Waals surface area contributed by atoms with E-state index in [-0.39, 0.29) is 0 Å². The molecular weight excluding hydrogens is 264 g/mol. The average molecular weight is 286 g/mol. The fraction of sp³-hybridized carbons (Fsp3) is 0.538. The summed E-state index contributed by atoms with van der Waals surface area (Å²) in [5.41, 5.74) is 1.08. The van der Waals surface area contributed by atoms with Gasteiger partial charge in [0.2, 0.25) is 10.0 Å². The molecule has 0 aliphatic heterocycles. The Bertz CT molecular complexity index is 467. The van der Waals surface area contributed by atoms with Crippen LogP contribution in [0.3, 0.4) is 0 Å². The van der Waals surface area contributed by atoms with Crippen LogP contribution in [0, 0.1) is 0 Å². The van der Waals surface area contributed by atoms with Crippen LogP contribution in [0.25, 0.3) is 0 Å². The summed E-state index contributed by atoms with van der Waals surface area (Å²) in [4.78, 5) is 4.84. The van der Waals surface area contributed by atoms with Gasteiger partial charge in [0.15, 0.2) is 0 Å². The minimum absolute atomic E-state index is 0.343. The smallest absolute Gasteiger partial charge is 0.243 e. The van der Waals surface area contributed by atoms with Gasteiger partial charge in [-0.1, -0.05) is 26.0 Å². The van der Waals surface area contributed by atoms with Crippen molar-refractivity contribution in [2.24, 2.45) is 5.90 Å². The minimum Gasteiger partial charge on any atom is -0.305 e. The second-order valence-corrected chi connectivity index (χ2v) is 6.15. The second-order valence-electron chi connectivity index (χ2n) is 4.21. The second kappa shape index (κ2) is 7.59. The van der Waals surface area contributed by atoms with E-state index in [9.17, 15) is 8.42 Å². The highest BCUT2D eigenvalue weighted by Gasteiger charge is 2.20. The first-order valence-corrected chi connectivity index (χ1v) is 7.91. The molecule has 19 heavy (non-hydrogen) atoms. The first-order chi connectivity index (χ1) is 9.06. The molecule has 0 amide bonds. The van der Waals surface area contributed by atoms with Gasteiger partial charge in [-0.05, 0) is 30.5 Å². The van der Waals surface area contributed by atoms with Gasteiger partial charge in [0, 0.05) is 13.1 Å². The van der Waals surface area contributed by atoms with Gasteiger partial charge in [0.25, 0.3) is 0 Å². The van der Waals surface area contributed by atoms with Crippen LogP contribution < -0.4 is 5.90 Å². The van der Waals surface area contributed by atoms with Crippen LogP contribution in [0.1, 0.15) is 25.8 Å². The van der Waals surface area contributed by atoms with Crippen molar-refractivity contribution < 1.29 is 13.3 Å². The van der Waals surface area contributed by atoms with Crippen LogP contribution >= 0.6 is 0 Å². The number of aryl methyl sites for hydroxylation is 1. The lowest BCUT2D eigenvalue weighted by atomic mass is 10.1. The van der Waals surface area contributed by atoms with E-state index < -0.39 is 10.0 Å². The Kier molecular flexibility index (Phi) is 6.44. The van der Waals surface area contributed by atoms with E-state index in [4.69, 9.17) is 5.90 Å². The van der Waals surface area contributed by atoms with Crippen LogP contribution in [0.2, 0.25) is 0 Å². The molecule has 0 aromatic heterocycles. The number of sulfonamides is 1. The third kappa shape index (κ3) is 4.28. The third-order valence-corrected chi connectivity index (χ3v) is 5.06. The Balaban J connectivity index is 2.80. The number of hydrogen-bond acceptors (Lipinski definition) is 4. The van der Waals surface area contributed by atoms with Gasteiger partial charge in [-0.3, -0.25) is 0 Å². The monoisotopic (exact) mass is 286 g/mol. The van der Waals surface area contributed by atoms with E-state index in [0.29, 0.717) is 24.6 Å². The van der Waals surface area contributed by atoms with E-state index in [0.717, 1.165) is 18.4 Å². The van der Waals surface area contributed by atoms with Crippen molar-refractivity contribution in [1.29, 1.82) is 0 Å². The summed E-state index contributed by atoms with van der Waals surface area (Å²) < 4.78 is 26.0. The van der Waals surface area contributed by atoms with Crippen LogP contribution in [-0.4, -0.2) is 32.4 Å². The quantitative estimate of drug-likeness (QED) is 0.581. The van der Waals surface area contributed by atoms with E-state index in [2.05, 4.69) is 4.84 Å². The molecule has 0 saturated carbocycles. The highest BCUT2D eigenvalue weighted by Crippen LogP contribution is 2.16. The zero-order valence-corrected chi connectivity index (χ0v) is 12.3. The van der Waals surface area contributed by atoms with Crippen molar-refractivity contribution in [3.8, 4) is 0 Å². The van der Waals surface area contributed by atoms with Crippen LogP contribution in [0.15, 0.2) is 29.2 Å². The summed E-state index contributed by atoms with van der Waals surface area (Å²) in [5.74, 6) is 4.95. The zero-order chi connectivity index (χ0) is 14.3. The standard InChI is InChI=1S/C13H22N2O3S/c1-3-15(4-2)19(16,17)13-9-7-12(8-10-13)6-5-11-18-14/h7-10H,3-6,11,14H2,1-2H3. The summed E-state index contributed by atoms with van der Waals surface area (Å²) >= 11 is 0. The molecule has 1 aromatic carbocycles. The van der Waals surface area contributed by atoms with Gasteiger partial charge in [-0.25, -0.2) is 14.3 Å². The Morgan fingerprint density at radius 1 is 1.16 bits per heavy atom. The maximum atomic E-state index is 12.3. The van der Waals surface area contributed by atoms with Crippen molar-refractivity contribution in [1.82, 2.24) is 4.31 Å². The Labute approximate surface area is 115 Å². The first-order valence-electron chi connectivity index (χ1n) is 6.47. The predicted molar refractivity (Wildman–Crippen MR) is 75.0 cm³/mol. The normalized spacial score (nSPS) is 12.0. The summed E-state index contributed by atoms with van der Waals surface area (Å²) in [6.07, 6.45) is 1.64. The molecule has 0 saturated heterocycles. The molecule has 1 aromatic rings. The molecule has 0 heterocycles. The molecule has 0 aliphatic rings. The molecule has 0 unspecified atom stereocenters. The molecule has 0 spiro atoms. The van der Waals surface area contributed by atoms with Gasteiger partial charge in [-0.15, -0.1) is 0 Å². The number of hydrogen-bond donors (Lipinski definition) is 1. The lowest BCUT2D eigenvalue weighted by molar-refractivity contribution is 0.135. The summed E-state index contributed by atoms with van der Waals surface area (Å²) in [6, 6.07) is 7.00. The first kappa shape index (κ1) is 16.1. The average Bonchev–Trinajstić information content (AvgIpc) is 2.41. The van der Waals surface area contributed by atoms with Gasteiger partial charge < -0.3 is 4.84 Å². The predicted octanol–water partition coefficient (Wildman–Crippen LogP) is 1.54. The van der Waals surface area contributed by atoms with Gasteiger partial charge >= 0.3 is 0 Å². The topological polar surface area (TPSA) is 72.6 Å². The van der Waals surface area contributed by atoms with Crippen LogP contribution in [-0.2, 0) is 21.3 Å². The molecule has 0 radical (unpaired) electrons. The molecule has 108 valence electrons. The highest BCUT2D eigenvalue weighted by atomic mass is 32.2. The third-order valence-electron chi connectivity index (χ3n) is 2.99. The fourth-order valence-electron chi connectivity index (χ4n) is 1.90. The molecule has 0 aliphatic carbocycles. The lowest BCUT2D eigenvalue weighted by Gasteiger charge is -2.18. The van der Waals surface area contributed by atoms with E-state index >= 15 is 0 Å². The Morgan fingerprint density at radius 2 is 1.74 bits per heavy atom. The molecule has 6 heteroatoms. The number of rotatable bonds is 8. The molecule has 0 bridgehead atoms. The highest BCUT2D eigenvalue weighted by molar-refractivity contribution is 7.89. The largest absolute Gasteiger partial charge is 0.305 e. The lowest BCUT2D eigenvalue weighted by Crippen LogP contribution is -2.30. The van der Waals surface area contributed by atoms with E-state index in [1.807, 2.05) is 26.0 Å². The summed E-state index contributed by atoms with van der Waals surface area (Å²) in [6.45, 7) is 5.13. The van der Waals surface area contributed by atoms with Crippen molar-refractivity contribution >= 4 is 10.0 Å².